The third-order valence-corrected chi connectivity index (χ3v) is 1.86. The van der Waals surface area contributed by atoms with E-state index in [-0.39, 0.29) is 11.7 Å². The first-order valence-corrected chi connectivity index (χ1v) is 4.48. The van der Waals surface area contributed by atoms with Gasteiger partial charge in [0.2, 0.25) is 5.78 Å². The largest absolute Gasteiger partial charge is 0.439 e. The summed E-state index contributed by atoms with van der Waals surface area (Å²) < 4.78 is 5.22. The van der Waals surface area contributed by atoms with Crippen molar-refractivity contribution in [2.75, 3.05) is 0 Å². The maximum Gasteiger partial charge on any atom is 0.263 e. The summed E-state index contributed by atoms with van der Waals surface area (Å²) in [5.41, 5.74) is 0.798. The number of rotatable bonds is 3. The van der Waals surface area contributed by atoms with Crippen molar-refractivity contribution in [1.29, 1.82) is 0 Å². The lowest BCUT2D eigenvalue weighted by Gasteiger charge is -1.98. The number of carbonyl (C=O) groups excluding carboxylic acids is 1. The van der Waals surface area contributed by atoms with E-state index in [0.717, 1.165) is 11.5 Å². The van der Waals surface area contributed by atoms with E-state index in [9.17, 15) is 4.79 Å². The van der Waals surface area contributed by atoms with Gasteiger partial charge in [0.15, 0.2) is 0 Å². The molecule has 0 saturated carbocycles. The molecule has 1 aromatic heterocycles. The number of aryl methyl sites for hydroxylation is 2. The molecule has 0 aliphatic carbocycles. The Labute approximate surface area is 78.2 Å². The Bertz CT molecular complexity index is 293. The average Bonchev–Trinajstić information content (AvgIpc) is 2.31. The Morgan fingerprint density at radius 1 is 1.46 bits per heavy atom. The number of ketones is 1. The Morgan fingerprint density at radius 3 is 2.46 bits per heavy atom. The van der Waals surface area contributed by atoms with Crippen LogP contribution in [-0.2, 0) is 0 Å². The lowest BCUT2D eigenvalue weighted by molar-refractivity contribution is 0.0932. The molecule has 0 aliphatic rings. The zero-order chi connectivity index (χ0) is 10.0. The molecule has 1 heterocycles. The number of hydrogen-bond acceptors (Lipinski definition) is 3. The van der Waals surface area contributed by atoms with Crippen LogP contribution in [0.3, 0.4) is 0 Å². The number of hydrogen-bond donors (Lipinski definition) is 0. The quantitative estimate of drug-likeness (QED) is 0.673. The van der Waals surface area contributed by atoms with E-state index >= 15 is 0 Å². The fraction of sp³-hybridized carbons (Fsp3) is 0.600. The molecular formula is C10H15NO2. The molecule has 72 valence electrons. The second-order valence-corrected chi connectivity index (χ2v) is 3.68. The first kappa shape index (κ1) is 9.96. The third-order valence-electron chi connectivity index (χ3n) is 1.86. The number of Topliss-reactive ketones (excluding diaryl/α,β-unsaturated/α-hetero) is 1. The van der Waals surface area contributed by atoms with Gasteiger partial charge >= 0.3 is 0 Å². The van der Waals surface area contributed by atoms with Crippen LogP contribution in [0, 0.1) is 19.8 Å². The fourth-order valence-electron chi connectivity index (χ4n) is 1.05. The van der Waals surface area contributed by atoms with Crippen molar-refractivity contribution in [2.45, 2.75) is 34.1 Å². The minimum atomic E-state index is -0.00815. The standard InChI is InChI=1S/C10H15NO2/c1-6(2)5-9(12)10-11-7(3)8(4)13-10/h6H,5H2,1-4H3. The SMILES string of the molecule is Cc1nc(C(=O)CC(C)C)oc1C. The van der Waals surface area contributed by atoms with Gasteiger partial charge in [0.1, 0.15) is 5.76 Å². The summed E-state index contributed by atoms with van der Waals surface area (Å²) in [6, 6.07) is 0. The highest BCUT2D eigenvalue weighted by atomic mass is 16.4. The molecule has 0 amide bonds. The van der Waals surface area contributed by atoms with Crippen LogP contribution in [0.5, 0.6) is 0 Å². The van der Waals surface area contributed by atoms with Crippen LogP contribution in [0.15, 0.2) is 4.42 Å². The first-order valence-electron chi connectivity index (χ1n) is 4.48. The Balaban J connectivity index is 2.77. The monoisotopic (exact) mass is 181 g/mol. The molecule has 1 aromatic rings. The van der Waals surface area contributed by atoms with Gasteiger partial charge in [-0.2, -0.15) is 0 Å². The molecule has 0 unspecified atom stereocenters. The third kappa shape index (κ3) is 2.41. The average molecular weight is 181 g/mol. The van der Waals surface area contributed by atoms with Crippen molar-refractivity contribution in [2.24, 2.45) is 5.92 Å². The van der Waals surface area contributed by atoms with Crippen molar-refractivity contribution in [3.8, 4) is 0 Å². The molecule has 0 radical (unpaired) electrons. The van der Waals surface area contributed by atoms with Gasteiger partial charge in [-0.05, 0) is 19.8 Å². The van der Waals surface area contributed by atoms with Crippen molar-refractivity contribution < 1.29 is 9.21 Å². The van der Waals surface area contributed by atoms with E-state index in [1.807, 2.05) is 27.7 Å². The van der Waals surface area contributed by atoms with Crippen molar-refractivity contribution in [3.05, 3.63) is 17.3 Å². The molecule has 3 nitrogen and oxygen atoms in total. The van der Waals surface area contributed by atoms with Crippen LogP contribution in [0.1, 0.15) is 42.4 Å². The number of aromatic nitrogens is 1. The van der Waals surface area contributed by atoms with E-state index in [1.165, 1.54) is 0 Å². The fourth-order valence-corrected chi connectivity index (χ4v) is 1.05. The zero-order valence-corrected chi connectivity index (χ0v) is 8.55. The second kappa shape index (κ2) is 3.73. The van der Waals surface area contributed by atoms with Crippen LogP contribution < -0.4 is 0 Å². The predicted molar refractivity (Wildman–Crippen MR) is 49.8 cm³/mol. The van der Waals surface area contributed by atoms with Gasteiger partial charge in [0.25, 0.3) is 5.89 Å². The molecule has 0 fully saturated rings. The Hall–Kier alpha value is -1.12. The molecule has 1 rings (SSSR count). The van der Waals surface area contributed by atoms with Crippen molar-refractivity contribution >= 4 is 5.78 Å². The van der Waals surface area contributed by atoms with Crippen LogP contribution in [0.2, 0.25) is 0 Å². The number of nitrogens with zero attached hydrogens (tertiary/aromatic N) is 1. The summed E-state index contributed by atoms with van der Waals surface area (Å²) in [5, 5.41) is 0. The molecule has 0 N–H and O–H groups in total. The smallest absolute Gasteiger partial charge is 0.263 e. The summed E-state index contributed by atoms with van der Waals surface area (Å²) in [5.74, 6) is 1.32. The highest BCUT2D eigenvalue weighted by Gasteiger charge is 2.15. The topological polar surface area (TPSA) is 43.1 Å². The summed E-state index contributed by atoms with van der Waals surface area (Å²) in [7, 11) is 0. The molecular weight excluding hydrogens is 166 g/mol. The zero-order valence-electron chi connectivity index (χ0n) is 8.55. The lowest BCUT2D eigenvalue weighted by Crippen LogP contribution is -2.03. The van der Waals surface area contributed by atoms with Gasteiger partial charge in [-0.1, -0.05) is 13.8 Å². The molecule has 0 saturated heterocycles. The van der Waals surface area contributed by atoms with Gasteiger partial charge in [-0.3, -0.25) is 4.79 Å². The summed E-state index contributed by atoms with van der Waals surface area (Å²) in [4.78, 5) is 15.5. The maximum absolute atomic E-state index is 11.5. The summed E-state index contributed by atoms with van der Waals surface area (Å²) in [6.45, 7) is 7.65. The maximum atomic E-state index is 11.5. The Morgan fingerprint density at radius 2 is 2.08 bits per heavy atom. The molecule has 3 heteroatoms. The highest BCUT2D eigenvalue weighted by Crippen LogP contribution is 2.12. The van der Waals surface area contributed by atoms with Gasteiger partial charge in [-0.15, -0.1) is 0 Å². The van der Waals surface area contributed by atoms with Gasteiger partial charge in [-0.25, -0.2) is 4.98 Å². The molecule has 0 aromatic carbocycles. The minimum absolute atomic E-state index is 0.00815. The van der Waals surface area contributed by atoms with Crippen molar-refractivity contribution in [1.82, 2.24) is 4.98 Å². The predicted octanol–water partition coefficient (Wildman–Crippen LogP) is 2.52. The highest BCUT2D eigenvalue weighted by molar-refractivity contribution is 5.91. The molecule has 0 aliphatic heterocycles. The normalized spacial score (nSPS) is 10.8. The van der Waals surface area contributed by atoms with Crippen LogP contribution in [-0.4, -0.2) is 10.8 Å². The van der Waals surface area contributed by atoms with Crippen LogP contribution in [0.25, 0.3) is 0 Å². The molecule has 0 spiro atoms. The first-order chi connectivity index (χ1) is 6.00. The van der Waals surface area contributed by atoms with E-state index in [0.29, 0.717) is 12.3 Å². The van der Waals surface area contributed by atoms with Gasteiger partial charge < -0.3 is 4.42 Å². The van der Waals surface area contributed by atoms with Crippen molar-refractivity contribution in [3.63, 3.8) is 0 Å². The van der Waals surface area contributed by atoms with Gasteiger partial charge in [0.05, 0.1) is 5.69 Å². The van der Waals surface area contributed by atoms with E-state index in [1.54, 1.807) is 0 Å². The van der Waals surface area contributed by atoms with E-state index in [4.69, 9.17) is 4.42 Å². The van der Waals surface area contributed by atoms with Gasteiger partial charge in [0, 0.05) is 6.42 Å². The van der Waals surface area contributed by atoms with E-state index < -0.39 is 0 Å². The van der Waals surface area contributed by atoms with Crippen LogP contribution >= 0.6 is 0 Å². The lowest BCUT2D eigenvalue weighted by atomic mass is 10.1. The Kier molecular flexibility index (Phi) is 2.86. The molecule has 0 atom stereocenters. The molecule has 13 heavy (non-hydrogen) atoms. The van der Waals surface area contributed by atoms with Crippen LogP contribution in [0.4, 0.5) is 0 Å². The molecule has 0 bridgehead atoms. The summed E-state index contributed by atoms with van der Waals surface area (Å²) in [6.07, 6.45) is 0.499. The number of oxazole rings is 1. The number of carbonyl (C=O) groups is 1. The minimum Gasteiger partial charge on any atom is -0.439 e. The second-order valence-electron chi connectivity index (χ2n) is 3.68. The summed E-state index contributed by atoms with van der Waals surface area (Å²) >= 11 is 0. The van der Waals surface area contributed by atoms with E-state index in [2.05, 4.69) is 4.98 Å².